The Labute approximate surface area is 65.0 Å². The minimum absolute atomic E-state index is 0.498. The zero-order chi connectivity index (χ0) is 7.72. The molecule has 1 rings (SSSR count). The van der Waals surface area contributed by atoms with Crippen LogP contribution in [0.2, 0.25) is 5.15 Å². The van der Waals surface area contributed by atoms with Crippen molar-refractivity contribution in [3.8, 4) is 0 Å². The molecule has 0 saturated carbocycles. The predicted octanol–water partition coefficient (Wildman–Crippen LogP) is 1.93. The summed E-state index contributed by atoms with van der Waals surface area (Å²) in [7, 11) is 0. The van der Waals surface area contributed by atoms with Crippen molar-refractivity contribution in [3.05, 3.63) is 22.5 Å². The van der Waals surface area contributed by atoms with Gasteiger partial charge in [0.25, 0.3) is 0 Å². The van der Waals surface area contributed by atoms with Gasteiger partial charge >= 0.3 is 0 Å². The minimum Gasteiger partial charge on any atom is -0.398 e. The van der Waals surface area contributed by atoms with E-state index < -0.39 is 0 Å². The van der Waals surface area contributed by atoms with Gasteiger partial charge in [-0.1, -0.05) is 11.6 Å². The van der Waals surface area contributed by atoms with Crippen molar-refractivity contribution in [2.24, 2.45) is 0 Å². The number of nitrogens with zero attached hydrogens (tertiary/aromatic N) is 1. The summed E-state index contributed by atoms with van der Waals surface area (Å²) in [5.74, 6) is 0. The summed E-state index contributed by atoms with van der Waals surface area (Å²) in [6.07, 6.45) is 0. The molecule has 1 aromatic rings. The van der Waals surface area contributed by atoms with Gasteiger partial charge in [0, 0.05) is 16.9 Å². The van der Waals surface area contributed by atoms with E-state index in [1.54, 1.807) is 6.07 Å². The minimum atomic E-state index is 0.498. The number of halogens is 1. The van der Waals surface area contributed by atoms with Gasteiger partial charge in [0.2, 0.25) is 0 Å². The molecule has 0 saturated heterocycles. The molecule has 0 amide bonds. The van der Waals surface area contributed by atoms with Crippen molar-refractivity contribution in [2.75, 3.05) is 5.73 Å². The van der Waals surface area contributed by atoms with E-state index in [1.165, 1.54) is 0 Å². The summed E-state index contributed by atoms with van der Waals surface area (Å²) in [4.78, 5) is 4.02. The normalized spacial score (nSPS) is 9.90. The SMILES string of the molecule is Cc1cc(N)c(C)c(Cl)n1. The number of nitrogens with two attached hydrogens (primary N) is 1. The Bertz CT molecular complexity index is 235. The molecule has 0 fully saturated rings. The van der Waals surface area contributed by atoms with Crippen LogP contribution in [0.1, 0.15) is 11.3 Å². The standard InChI is InChI=1S/C7H9ClN2/c1-4-3-6(9)5(2)7(8)10-4/h3H,1-2H3,(H2,9,10). The Balaban J connectivity index is 3.31. The average Bonchev–Trinajstić information content (AvgIpc) is 1.82. The maximum atomic E-state index is 5.73. The quantitative estimate of drug-likeness (QED) is 0.583. The Kier molecular flexibility index (Phi) is 1.81. The third-order valence-electron chi connectivity index (χ3n) is 1.38. The van der Waals surface area contributed by atoms with Crippen LogP contribution in [0.4, 0.5) is 5.69 Å². The number of aromatic nitrogens is 1. The number of rotatable bonds is 0. The van der Waals surface area contributed by atoms with Crippen LogP contribution >= 0.6 is 11.6 Å². The van der Waals surface area contributed by atoms with E-state index in [2.05, 4.69) is 4.98 Å². The molecule has 54 valence electrons. The summed E-state index contributed by atoms with van der Waals surface area (Å²) >= 11 is 5.73. The third-order valence-corrected chi connectivity index (χ3v) is 1.75. The van der Waals surface area contributed by atoms with E-state index in [1.807, 2.05) is 13.8 Å². The first kappa shape index (κ1) is 7.35. The number of hydrogen-bond acceptors (Lipinski definition) is 2. The second-order valence-electron chi connectivity index (χ2n) is 2.27. The van der Waals surface area contributed by atoms with Crippen molar-refractivity contribution in [2.45, 2.75) is 13.8 Å². The molecule has 0 unspecified atom stereocenters. The lowest BCUT2D eigenvalue weighted by Crippen LogP contribution is -1.94. The zero-order valence-corrected chi connectivity index (χ0v) is 6.74. The van der Waals surface area contributed by atoms with Crippen LogP contribution in [0, 0.1) is 13.8 Å². The van der Waals surface area contributed by atoms with Crippen LogP contribution in [0.25, 0.3) is 0 Å². The fraction of sp³-hybridized carbons (Fsp3) is 0.286. The molecule has 0 spiro atoms. The number of hydrogen-bond donors (Lipinski definition) is 1. The number of aryl methyl sites for hydroxylation is 1. The van der Waals surface area contributed by atoms with Gasteiger partial charge in [-0.3, -0.25) is 0 Å². The predicted molar refractivity (Wildman–Crippen MR) is 43.1 cm³/mol. The topological polar surface area (TPSA) is 38.9 Å². The van der Waals surface area contributed by atoms with Gasteiger partial charge in [-0.05, 0) is 19.9 Å². The Morgan fingerprint density at radius 2 is 2.10 bits per heavy atom. The molecule has 0 aromatic carbocycles. The molecule has 2 nitrogen and oxygen atoms in total. The summed E-state index contributed by atoms with van der Waals surface area (Å²) in [5.41, 5.74) is 8.01. The Morgan fingerprint density at radius 1 is 1.50 bits per heavy atom. The van der Waals surface area contributed by atoms with E-state index in [9.17, 15) is 0 Å². The molecule has 0 aliphatic carbocycles. The van der Waals surface area contributed by atoms with Crippen LogP contribution in [-0.4, -0.2) is 4.98 Å². The van der Waals surface area contributed by atoms with Crippen molar-refractivity contribution in [1.29, 1.82) is 0 Å². The van der Waals surface area contributed by atoms with Crippen LogP contribution in [0.3, 0.4) is 0 Å². The van der Waals surface area contributed by atoms with E-state index in [4.69, 9.17) is 17.3 Å². The summed E-state index contributed by atoms with van der Waals surface area (Å²) in [5, 5.41) is 0.498. The molecular formula is C7H9ClN2. The lowest BCUT2D eigenvalue weighted by Gasteiger charge is -2.01. The van der Waals surface area contributed by atoms with Gasteiger partial charge in [0.1, 0.15) is 5.15 Å². The second-order valence-corrected chi connectivity index (χ2v) is 2.63. The van der Waals surface area contributed by atoms with E-state index in [0.717, 1.165) is 11.3 Å². The molecule has 10 heavy (non-hydrogen) atoms. The average molecular weight is 157 g/mol. The molecule has 0 atom stereocenters. The second kappa shape index (κ2) is 2.46. The van der Waals surface area contributed by atoms with Crippen LogP contribution in [-0.2, 0) is 0 Å². The molecule has 2 N–H and O–H groups in total. The number of anilines is 1. The summed E-state index contributed by atoms with van der Waals surface area (Å²) in [6.45, 7) is 3.71. The van der Waals surface area contributed by atoms with E-state index in [-0.39, 0.29) is 0 Å². The van der Waals surface area contributed by atoms with Crippen LogP contribution in [0.5, 0.6) is 0 Å². The van der Waals surface area contributed by atoms with Crippen molar-refractivity contribution >= 4 is 17.3 Å². The zero-order valence-electron chi connectivity index (χ0n) is 5.98. The molecule has 3 heteroatoms. The molecule has 0 aliphatic heterocycles. The monoisotopic (exact) mass is 156 g/mol. The summed E-state index contributed by atoms with van der Waals surface area (Å²) < 4.78 is 0. The third kappa shape index (κ3) is 1.21. The highest BCUT2D eigenvalue weighted by Gasteiger charge is 2.00. The maximum Gasteiger partial charge on any atom is 0.134 e. The largest absolute Gasteiger partial charge is 0.398 e. The molecule has 1 aromatic heterocycles. The van der Waals surface area contributed by atoms with Crippen molar-refractivity contribution in [3.63, 3.8) is 0 Å². The van der Waals surface area contributed by atoms with Gasteiger partial charge in [-0.25, -0.2) is 4.98 Å². The first-order valence-corrected chi connectivity index (χ1v) is 3.38. The molecule has 0 bridgehead atoms. The van der Waals surface area contributed by atoms with Gasteiger partial charge in [-0.2, -0.15) is 0 Å². The molecule has 1 heterocycles. The highest BCUT2D eigenvalue weighted by Crippen LogP contribution is 2.18. The maximum absolute atomic E-state index is 5.73. The lowest BCUT2D eigenvalue weighted by atomic mass is 10.2. The van der Waals surface area contributed by atoms with Gasteiger partial charge < -0.3 is 5.73 Å². The Hall–Kier alpha value is -0.760. The smallest absolute Gasteiger partial charge is 0.134 e. The van der Waals surface area contributed by atoms with Crippen LogP contribution in [0.15, 0.2) is 6.07 Å². The van der Waals surface area contributed by atoms with Crippen LogP contribution < -0.4 is 5.73 Å². The highest BCUT2D eigenvalue weighted by atomic mass is 35.5. The van der Waals surface area contributed by atoms with E-state index in [0.29, 0.717) is 10.8 Å². The molecule has 0 aliphatic rings. The lowest BCUT2D eigenvalue weighted by molar-refractivity contribution is 1.17. The van der Waals surface area contributed by atoms with Gasteiger partial charge in [0.05, 0.1) is 0 Å². The summed E-state index contributed by atoms with van der Waals surface area (Å²) in [6, 6.07) is 1.81. The number of pyridine rings is 1. The first-order chi connectivity index (χ1) is 4.61. The van der Waals surface area contributed by atoms with Gasteiger partial charge in [0.15, 0.2) is 0 Å². The number of nitrogen functional groups attached to an aromatic ring is 1. The molecular weight excluding hydrogens is 148 g/mol. The van der Waals surface area contributed by atoms with Crippen molar-refractivity contribution in [1.82, 2.24) is 4.98 Å². The highest BCUT2D eigenvalue weighted by molar-refractivity contribution is 6.30. The van der Waals surface area contributed by atoms with E-state index >= 15 is 0 Å². The molecule has 0 radical (unpaired) electrons. The fourth-order valence-electron chi connectivity index (χ4n) is 0.723. The first-order valence-electron chi connectivity index (χ1n) is 3.00. The fourth-order valence-corrected chi connectivity index (χ4v) is 0.966. The Morgan fingerprint density at radius 3 is 2.60 bits per heavy atom. The van der Waals surface area contributed by atoms with Gasteiger partial charge in [-0.15, -0.1) is 0 Å². The van der Waals surface area contributed by atoms with Crippen molar-refractivity contribution < 1.29 is 0 Å².